The number of carboxylic acid groups (broad SMARTS) is 1. The number of nitrogens with zero attached hydrogens (tertiary/aromatic N) is 3. The number of fused-ring (bicyclic) bond motifs is 3. The Hall–Kier alpha value is -4.21. The molecule has 0 radical (unpaired) electrons. The third kappa shape index (κ3) is 6.03. The zero-order chi connectivity index (χ0) is 24.6. The maximum Gasteiger partial charge on any atom is 0.407 e. The van der Waals surface area contributed by atoms with E-state index in [0.717, 1.165) is 11.1 Å². The molecule has 0 saturated heterocycles. The summed E-state index contributed by atoms with van der Waals surface area (Å²) in [5, 5.41) is 21.7. The van der Waals surface area contributed by atoms with E-state index in [-0.39, 0.29) is 37.1 Å². The van der Waals surface area contributed by atoms with Crippen LogP contribution in [-0.2, 0) is 16.1 Å². The van der Waals surface area contributed by atoms with Crippen LogP contribution >= 0.6 is 0 Å². The van der Waals surface area contributed by atoms with Gasteiger partial charge in [-0.05, 0) is 35.1 Å². The summed E-state index contributed by atoms with van der Waals surface area (Å²) in [7, 11) is 0. The van der Waals surface area contributed by atoms with Gasteiger partial charge in [0.25, 0.3) is 5.91 Å². The molecule has 2 aromatic carbocycles. The van der Waals surface area contributed by atoms with E-state index in [1.54, 1.807) is 0 Å². The molecule has 3 N–H and O–H groups in total. The Balaban J connectivity index is 1.19. The van der Waals surface area contributed by atoms with Crippen molar-refractivity contribution in [1.29, 1.82) is 0 Å². The van der Waals surface area contributed by atoms with Crippen LogP contribution < -0.4 is 10.6 Å². The summed E-state index contributed by atoms with van der Waals surface area (Å²) in [6.07, 6.45) is 2.10. The van der Waals surface area contributed by atoms with E-state index in [0.29, 0.717) is 25.9 Å². The van der Waals surface area contributed by atoms with Crippen LogP contribution in [0.25, 0.3) is 11.1 Å². The molecule has 1 aromatic heterocycles. The van der Waals surface area contributed by atoms with Crippen molar-refractivity contribution >= 4 is 18.0 Å². The average molecular weight is 478 g/mol. The number of amides is 2. The fraction of sp³-hybridized carbons (Fsp3) is 0.320. The van der Waals surface area contributed by atoms with Crippen molar-refractivity contribution in [2.24, 2.45) is 0 Å². The molecule has 1 heterocycles. The second-order valence-electron chi connectivity index (χ2n) is 8.23. The number of aliphatic carboxylic acids is 1. The minimum absolute atomic E-state index is 0.00587. The summed E-state index contributed by atoms with van der Waals surface area (Å²) < 4.78 is 6.97. The minimum atomic E-state index is -0.856. The van der Waals surface area contributed by atoms with Gasteiger partial charge in [-0.2, -0.15) is 0 Å². The quantitative estimate of drug-likeness (QED) is 0.361. The lowest BCUT2D eigenvalue weighted by Gasteiger charge is -2.14. The van der Waals surface area contributed by atoms with E-state index in [1.807, 2.05) is 24.3 Å². The molecule has 1 aliphatic rings. The molecule has 3 aromatic rings. The molecule has 182 valence electrons. The first-order valence-corrected chi connectivity index (χ1v) is 11.5. The van der Waals surface area contributed by atoms with Crippen molar-refractivity contribution in [2.75, 3.05) is 19.7 Å². The summed E-state index contributed by atoms with van der Waals surface area (Å²) in [5.74, 6) is -1.24. The highest BCUT2D eigenvalue weighted by Gasteiger charge is 2.28. The highest BCUT2D eigenvalue weighted by atomic mass is 16.5. The molecule has 10 heteroatoms. The molecule has 0 atom stereocenters. The molecule has 0 saturated carbocycles. The molecule has 0 bridgehead atoms. The summed E-state index contributed by atoms with van der Waals surface area (Å²) >= 11 is 0. The highest BCUT2D eigenvalue weighted by molar-refractivity contribution is 5.91. The number of carboxylic acids is 1. The Bertz CT molecular complexity index is 1160. The van der Waals surface area contributed by atoms with Crippen LogP contribution in [0.15, 0.2) is 54.7 Å². The SMILES string of the molecule is O=C(O)CCCCNC(=O)c1cn(CCNC(=O)OCC2c3ccccc3-c3ccccc32)nn1. The number of carbonyl (C=O) groups is 3. The summed E-state index contributed by atoms with van der Waals surface area (Å²) in [6, 6.07) is 16.3. The number of hydrogen-bond donors (Lipinski definition) is 3. The zero-order valence-corrected chi connectivity index (χ0v) is 19.1. The predicted molar refractivity (Wildman–Crippen MR) is 127 cm³/mol. The lowest BCUT2D eigenvalue weighted by atomic mass is 9.98. The largest absolute Gasteiger partial charge is 0.481 e. The molecule has 0 aliphatic heterocycles. The van der Waals surface area contributed by atoms with Gasteiger partial charge in [-0.3, -0.25) is 9.59 Å². The maximum absolute atomic E-state index is 12.3. The monoisotopic (exact) mass is 477 g/mol. The normalized spacial score (nSPS) is 12.0. The zero-order valence-electron chi connectivity index (χ0n) is 19.1. The van der Waals surface area contributed by atoms with Gasteiger partial charge in [0.1, 0.15) is 6.61 Å². The van der Waals surface area contributed by atoms with Gasteiger partial charge < -0.3 is 20.5 Å². The van der Waals surface area contributed by atoms with Crippen molar-refractivity contribution in [3.05, 3.63) is 71.5 Å². The Labute approximate surface area is 202 Å². The van der Waals surface area contributed by atoms with Crippen LogP contribution in [0.3, 0.4) is 0 Å². The molecule has 0 spiro atoms. The van der Waals surface area contributed by atoms with E-state index < -0.39 is 12.1 Å². The Morgan fingerprint density at radius 2 is 1.63 bits per heavy atom. The van der Waals surface area contributed by atoms with Crippen LogP contribution in [0.2, 0.25) is 0 Å². The lowest BCUT2D eigenvalue weighted by molar-refractivity contribution is -0.137. The van der Waals surface area contributed by atoms with Crippen LogP contribution in [0.5, 0.6) is 0 Å². The summed E-state index contributed by atoms with van der Waals surface area (Å²) in [4.78, 5) is 34.8. The standard InChI is InChI=1S/C25H27N5O5/c31-23(32)11-5-6-12-26-24(33)22-15-30(29-28-22)14-13-27-25(34)35-16-21-19-9-3-1-7-17(19)18-8-2-4-10-20(18)21/h1-4,7-10,15,21H,5-6,11-14,16H2,(H,26,33)(H,27,34)(H,31,32). The minimum Gasteiger partial charge on any atom is -0.481 e. The fourth-order valence-electron chi connectivity index (χ4n) is 4.13. The maximum atomic E-state index is 12.3. The first kappa shape index (κ1) is 23.9. The molecular weight excluding hydrogens is 450 g/mol. The van der Waals surface area contributed by atoms with Crippen molar-refractivity contribution in [3.8, 4) is 11.1 Å². The molecule has 1 aliphatic carbocycles. The van der Waals surface area contributed by atoms with Gasteiger partial charge in [-0.25, -0.2) is 9.48 Å². The smallest absolute Gasteiger partial charge is 0.407 e. The molecule has 35 heavy (non-hydrogen) atoms. The molecule has 2 amide bonds. The van der Waals surface area contributed by atoms with Crippen molar-refractivity contribution in [2.45, 2.75) is 31.7 Å². The van der Waals surface area contributed by atoms with Crippen LogP contribution in [0.4, 0.5) is 4.79 Å². The number of aromatic nitrogens is 3. The van der Waals surface area contributed by atoms with Crippen molar-refractivity contribution in [1.82, 2.24) is 25.6 Å². The van der Waals surface area contributed by atoms with Crippen LogP contribution in [-0.4, -0.2) is 57.8 Å². The molecule has 0 unspecified atom stereocenters. The van der Waals surface area contributed by atoms with E-state index in [9.17, 15) is 14.4 Å². The van der Waals surface area contributed by atoms with E-state index in [1.165, 1.54) is 22.0 Å². The number of carbonyl (C=O) groups excluding carboxylic acids is 2. The van der Waals surface area contributed by atoms with Gasteiger partial charge in [0.2, 0.25) is 0 Å². The van der Waals surface area contributed by atoms with Gasteiger partial charge in [-0.1, -0.05) is 53.7 Å². The molecule has 10 nitrogen and oxygen atoms in total. The third-order valence-electron chi connectivity index (χ3n) is 5.83. The Kier molecular flexibility index (Phi) is 7.71. The first-order chi connectivity index (χ1) is 17.0. The average Bonchev–Trinajstić information content (AvgIpc) is 3.45. The lowest BCUT2D eigenvalue weighted by Crippen LogP contribution is -2.29. The van der Waals surface area contributed by atoms with E-state index in [4.69, 9.17) is 9.84 Å². The van der Waals surface area contributed by atoms with Gasteiger partial charge >= 0.3 is 12.1 Å². The summed E-state index contributed by atoms with van der Waals surface area (Å²) in [6.45, 7) is 1.18. The molecule has 0 fully saturated rings. The van der Waals surface area contributed by atoms with Gasteiger partial charge in [-0.15, -0.1) is 5.10 Å². The Morgan fingerprint density at radius 3 is 2.31 bits per heavy atom. The number of ether oxygens (including phenoxy) is 1. The summed E-state index contributed by atoms with van der Waals surface area (Å²) in [5.41, 5.74) is 4.80. The second kappa shape index (κ2) is 11.3. The van der Waals surface area contributed by atoms with Crippen LogP contribution in [0.1, 0.15) is 46.8 Å². The van der Waals surface area contributed by atoms with Gasteiger partial charge in [0, 0.05) is 25.4 Å². The Morgan fingerprint density at radius 1 is 0.943 bits per heavy atom. The number of nitrogens with one attached hydrogen (secondary N) is 2. The molecule has 4 rings (SSSR count). The number of alkyl carbamates (subject to hydrolysis) is 1. The first-order valence-electron chi connectivity index (χ1n) is 11.5. The van der Waals surface area contributed by atoms with E-state index in [2.05, 4.69) is 45.2 Å². The molecular formula is C25H27N5O5. The van der Waals surface area contributed by atoms with Crippen LogP contribution in [0, 0.1) is 0 Å². The fourth-order valence-corrected chi connectivity index (χ4v) is 4.13. The second-order valence-corrected chi connectivity index (χ2v) is 8.23. The number of hydrogen-bond acceptors (Lipinski definition) is 6. The number of rotatable bonds is 11. The van der Waals surface area contributed by atoms with Crippen molar-refractivity contribution in [3.63, 3.8) is 0 Å². The highest BCUT2D eigenvalue weighted by Crippen LogP contribution is 2.44. The van der Waals surface area contributed by atoms with Crippen molar-refractivity contribution < 1.29 is 24.2 Å². The number of unbranched alkanes of at least 4 members (excludes halogenated alkanes) is 1. The van der Waals surface area contributed by atoms with Gasteiger partial charge in [0.15, 0.2) is 5.69 Å². The van der Waals surface area contributed by atoms with Gasteiger partial charge in [0.05, 0.1) is 12.7 Å². The topological polar surface area (TPSA) is 135 Å². The number of benzene rings is 2. The van der Waals surface area contributed by atoms with E-state index >= 15 is 0 Å². The third-order valence-corrected chi connectivity index (χ3v) is 5.83. The predicted octanol–water partition coefficient (Wildman–Crippen LogP) is 2.80.